The van der Waals surface area contributed by atoms with Gasteiger partial charge in [-0.15, -0.1) is 0 Å². The number of rotatable bonds is 3. The number of aromatic nitrogens is 2. The van der Waals surface area contributed by atoms with Gasteiger partial charge in [-0.1, -0.05) is 11.6 Å². The fraction of sp³-hybridized carbons (Fsp3) is 0.167. The molecule has 0 bridgehead atoms. The van der Waals surface area contributed by atoms with Crippen LogP contribution in [0.25, 0.3) is 10.9 Å². The van der Waals surface area contributed by atoms with E-state index in [2.05, 4.69) is 15.3 Å². The van der Waals surface area contributed by atoms with Gasteiger partial charge >= 0.3 is 0 Å². The Bertz CT molecular complexity index is 828. The van der Waals surface area contributed by atoms with Crippen molar-refractivity contribution < 1.29 is 4.79 Å². The molecular formula is C18H17N3O. The predicted molar refractivity (Wildman–Crippen MR) is 86.6 cm³/mol. The summed E-state index contributed by atoms with van der Waals surface area (Å²) in [7, 11) is 0. The van der Waals surface area contributed by atoms with Crippen molar-refractivity contribution in [3.05, 3.63) is 71.2 Å². The van der Waals surface area contributed by atoms with Gasteiger partial charge in [-0.25, -0.2) is 0 Å². The van der Waals surface area contributed by atoms with Gasteiger partial charge in [0.25, 0.3) is 5.91 Å². The molecule has 3 aromatic rings. The number of aryl methyl sites for hydroxylation is 2. The number of carbonyl (C=O) groups is 1. The maximum atomic E-state index is 12.4. The van der Waals surface area contributed by atoms with Crippen LogP contribution < -0.4 is 5.32 Å². The topological polar surface area (TPSA) is 54.9 Å². The number of nitrogens with zero attached hydrogens (tertiary/aromatic N) is 2. The van der Waals surface area contributed by atoms with E-state index in [9.17, 15) is 4.79 Å². The largest absolute Gasteiger partial charge is 0.348 e. The standard InChI is InChI=1S/C18H17N3O/c1-12-3-4-17-15(9-12)10-16(13(2)21-17)18(22)20-11-14-5-7-19-8-6-14/h3-10H,11H2,1-2H3,(H,20,22). The second-order valence-corrected chi connectivity index (χ2v) is 5.36. The van der Waals surface area contributed by atoms with Gasteiger partial charge in [-0.3, -0.25) is 14.8 Å². The summed E-state index contributed by atoms with van der Waals surface area (Å²) in [6.07, 6.45) is 3.43. The lowest BCUT2D eigenvalue weighted by molar-refractivity contribution is 0.0950. The zero-order chi connectivity index (χ0) is 15.5. The van der Waals surface area contributed by atoms with Crippen molar-refractivity contribution in [3.63, 3.8) is 0 Å². The molecule has 4 nitrogen and oxygen atoms in total. The van der Waals surface area contributed by atoms with Crippen LogP contribution in [0.1, 0.15) is 27.2 Å². The molecule has 0 aliphatic heterocycles. The monoisotopic (exact) mass is 291 g/mol. The molecule has 0 spiro atoms. The summed E-state index contributed by atoms with van der Waals surface area (Å²) >= 11 is 0. The number of amides is 1. The molecule has 22 heavy (non-hydrogen) atoms. The molecule has 2 heterocycles. The van der Waals surface area contributed by atoms with Crippen LogP contribution in [0.5, 0.6) is 0 Å². The maximum Gasteiger partial charge on any atom is 0.253 e. The minimum Gasteiger partial charge on any atom is -0.348 e. The summed E-state index contributed by atoms with van der Waals surface area (Å²) in [5, 5.41) is 3.91. The van der Waals surface area contributed by atoms with E-state index in [1.165, 1.54) is 0 Å². The predicted octanol–water partition coefficient (Wildman–Crippen LogP) is 3.18. The molecule has 0 aliphatic rings. The van der Waals surface area contributed by atoms with Crippen LogP contribution in [-0.2, 0) is 6.54 Å². The number of hydrogen-bond acceptors (Lipinski definition) is 3. The minimum absolute atomic E-state index is 0.106. The van der Waals surface area contributed by atoms with Crippen LogP contribution in [0.3, 0.4) is 0 Å². The summed E-state index contributed by atoms with van der Waals surface area (Å²) in [6, 6.07) is 11.7. The first-order chi connectivity index (χ1) is 10.6. The van der Waals surface area contributed by atoms with Gasteiger partial charge in [0.1, 0.15) is 0 Å². The Morgan fingerprint density at radius 3 is 2.64 bits per heavy atom. The van der Waals surface area contributed by atoms with E-state index < -0.39 is 0 Å². The first-order valence-electron chi connectivity index (χ1n) is 7.18. The number of carbonyl (C=O) groups excluding carboxylic acids is 1. The number of fused-ring (bicyclic) bond motifs is 1. The van der Waals surface area contributed by atoms with Gasteiger partial charge in [0.2, 0.25) is 0 Å². The smallest absolute Gasteiger partial charge is 0.253 e. The highest BCUT2D eigenvalue weighted by molar-refractivity contribution is 5.98. The Labute approximate surface area is 129 Å². The SMILES string of the molecule is Cc1ccc2nc(C)c(C(=O)NCc3ccncc3)cc2c1. The summed E-state index contributed by atoms with van der Waals surface area (Å²) in [5.41, 5.74) is 4.44. The van der Waals surface area contributed by atoms with E-state index in [1.807, 2.05) is 50.2 Å². The lowest BCUT2D eigenvalue weighted by Crippen LogP contribution is -2.24. The van der Waals surface area contributed by atoms with E-state index in [4.69, 9.17) is 0 Å². The van der Waals surface area contributed by atoms with Gasteiger partial charge in [0, 0.05) is 24.3 Å². The van der Waals surface area contributed by atoms with E-state index in [-0.39, 0.29) is 5.91 Å². The average molecular weight is 291 g/mol. The summed E-state index contributed by atoms with van der Waals surface area (Å²) < 4.78 is 0. The molecule has 2 aromatic heterocycles. The molecule has 0 saturated heterocycles. The van der Waals surface area contributed by atoms with Crippen molar-refractivity contribution >= 4 is 16.8 Å². The average Bonchev–Trinajstić information content (AvgIpc) is 2.53. The Morgan fingerprint density at radius 2 is 1.86 bits per heavy atom. The van der Waals surface area contributed by atoms with Crippen molar-refractivity contribution in [2.24, 2.45) is 0 Å². The van der Waals surface area contributed by atoms with Gasteiger partial charge in [0.15, 0.2) is 0 Å². The van der Waals surface area contributed by atoms with Crippen molar-refractivity contribution in [2.75, 3.05) is 0 Å². The number of benzene rings is 1. The zero-order valence-electron chi connectivity index (χ0n) is 12.6. The van der Waals surface area contributed by atoms with Crippen LogP contribution in [0.15, 0.2) is 48.8 Å². The Kier molecular flexibility index (Phi) is 3.83. The van der Waals surface area contributed by atoms with Gasteiger partial charge in [-0.05, 0) is 49.7 Å². The first kappa shape index (κ1) is 14.2. The quantitative estimate of drug-likeness (QED) is 0.806. The molecule has 0 fully saturated rings. The van der Waals surface area contributed by atoms with Gasteiger partial charge < -0.3 is 5.32 Å². The first-order valence-corrected chi connectivity index (χ1v) is 7.18. The molecule has 1 aromatic carbocycles. The Hall–Kier alpha value is -2.75. The van der Waals surface area contributed by atoms with E-state index in [0.29, 0.717) is 12.1 Å². The molecule has 0 radical (unpaired) electrons. The molecule has 0 saturated carbocycles. The molecule has 110 valence electrons. The van der Waals surface area contributed by atoms with E-state index >= 15 is 0 Å². The highest BCUT2D eigenvalue weighted by Gasteiger charge is 2.11. The fourth-order valence-corrected chi connectivity index (χ4v) is 2.40. The Balaban J connectivity index is 1.85. The van der Waals surface area contributed by atoms with Crippen LogP contribution in [-0.4, -0.2) is 15.9 Å². The maximum absolute atomic E-state index is 12.4. The zero-order valence-corrected chi connectivity index (χ0v) is 12.6. The third-order valence-electron chi connectivity index (χ3n) is 3.61. The summed E-state index contributed by atoms with van der Waals surface area (Å²) in [4.78, 5) is 20.9. The second kappa shape index (κ2) is 5.93. The molecule has 0 aliphatic carbocycles. The normalized spacial score (nSPS) is 10.6. The molecule has 0 atom stereocenters. The molecule has 1 N–H and O–H groups in total. The molecule has 4 heteroatoms. The second-order valence-electron chi connectivity index (χ2n) is 5.36. The van der Waals surface area contributed by atoms with Crippen molar-refractivity contribution in [1.82, 2.24) is 15.3 Å². The lowest BCUT2D eigenvalue weighted by atomic mass is 10.1. The van der Waals surface area contributed by atoms with Crippen LogP contribution in [0.4, 0.5) is 0 Å². The van der Waals surface area contributed by atoms with Crippen LogP contribution >= 0.6 is 0 Å². The van der Waals surface area contributed by atoms with Gasteiger partial charge in [0.05, 0.1) is 16.8 Å². The van der Waals surface area contributed by atoms with E-state index in [1.54, 1.807) is 12.4 Å². The molecule has 0 unspecified atom stereocenters. The molecule has 1 amide bonds. The number of hydrogen-bond donors (Lipinski definition) is 1. The molecule has 3 rings (SSSR count). The van der Waals surface area contributed by atoms with Crippen molar-refractivity contribution in [1.29, 1.82) is 0 Å². The third kappa shape index (κ3) is 2.96. The Morgan fingerprint density at radius 1 is 1.09 bits per heavy atom. The van der Waals surface area contributed by atoms with Crippen molar-refractivity contribution in [2.45, 2.75) is 20.4 Å². The van der Waals surface area contributed by atoms with Crippen LogP contribution in [0.2, 0.25) is 0 Å². The summed E-state index contributed by atoms with van der Waals surface area (Å²) in [6.45, 7) is 4.37. The fourth-order valence-electron chi connectivity index (χ4n) is 2.40. The highest BCUT2D eigenvalue weighted by Crippen LogP contribution is 2.18. The van der Waals surface area contributed by atoms with Gasteiger partial charge in [-0.2, -0.15) is 0 Å². The third-order valence-corrected chi connectivity index (χ3v) is 3.61. The minimum atomic E-state index is -0.106. The molecular weight excluding hydrogens is 274 g/mol. The lowest BCUT2D eigenvalue weighted by Gasteiger charge is -2.09. The highest BCUT2D eigenvalue weighted by atomic mass is 16.1. The summed E-state index contributed by atoms with van der Waals surface area (Å²) in [5.74, 6) is -0.106. The van der Waals surface area contributed by atoms with E-state index in [0.717, 1.165) is 27.7 Å². The number of nitrogens with one attached hydrogen (secondary N) is 1. The van der Waals surface area contributed by atoms with Crippen LogP contribution in [0, 0.1) is 13.8 Å². The van der Waals surface area contributed by atoms with Crippen molar-refractivity contribution in [3.8, 4) is 0 Å². The number of pyridine rings is 2.